The summed E-state index contributed by atoms with van der Waals surface area (Å²) in [6.45, 7) is 7.20. The van der Waals surface area contributed by atoms with Gasteiger partial charge in [-0.3, -0.25) is 14.2 Å². The molecule has 2 aromatic heterocycles. The Morgan fingerprint density at radius 2 is 2.16 bits per heavy atom. The van der Waals surface area contributed by atoms with E-state index in [9.17, 15) is 4.79 Å². The van der Waals surface area contributed by atoms with Crippen molar-refractivity contribution in [1.82, 2.24) is 24.9 Å². The van der Waals surface area contributed by atoms with E-state index < -0.39 is 0 Å². The van der Waals surface area contributed by atoms with Gasteiger partial charge < -0.3 is 5.32 Å². The first kappa shape index (κ1) is 13.3. The van der Waals surface area contributed by atoms with Crippen LogP contribution in [-0.2, 0) is 20.1 Å². The first-order valence-electron chi connectivity index (χ1n) is 6.32. The molecule has 1 amide bonds. The maximum absolute atomic E-state index is 12.0. The molecule has 0 aliphatic heterocycles. The molecule has 0 bridgehead atoms. The fourth-order valence-electron chi connectivity index (χ4n) is 2.07. The first-order valence-corrected chi connectivity index (χ1v) is 6.32. The van der Waals surface area contributed by atoms with E-state index in [1.165, 1.54) is 0 Å². The third kappa shape index (κ3) is 2.67. The Morgan fingerprint density at radius 1 is 1.42 bits per heavy atom. The van der Waals surface area contributed by atoms with Gasteiger partial charge in [-0.1, -0.05) is 0 Å². The van der Waals surface area contributed by atoms with Crippen LogP contribution in [-0.4, -0.2) is 25.5 Å². The van der Waals surface area contributed by atoms with Gasteiger partial charge in [-0.05, 0) is 20.8 Å². The highest BCUT2D eigenvalue weighted by atomic mass is 16.1. The van der Waals surface area contributed by atoms with Gasteiger partial charge in [-0.25, -0.2) is 0 Å². The highest BCUT2D eigenvalue weighted by Crippen LogP contribution is 2.08. The van der Waals surface area contributed by atoms with Crippen molar-refractivity contribution in [3.8, 4) is 0 Å². The van der Waals surface area contributed by atoms with E-state index in [-0.39, 0.29) is 5.91 Å². The summed E-state index contributed by atoms with van der Waals surface area (Å²) >= 11 is 0. The lowest BCUT2D eigenvalue weighted by molar-refractivity contribution is 0.0950. The quantitative estimate of drug-likeness (QED) is 0.899. The zero-order chi connectivity index (χ0) is 14.0. The molecule has 0 aliphatic rings. The molecule has 19 heavy (non-hydrogen) atoms. The van der Waals surface area contributed by atoms with E-state index in [2.05, 4.69) is 15.5 Å². The number of rotatable bonds is 4. The summed E-state index contributed by atoms with van der Waals surface area (Å²) in [5.74, 6) is -0.103. The standard InChI is InChI=1S/C13H19N5O/c1-5-18-10(3)11(7-15-18)6-14-13(19)12-8-17(4)16-9(12)2/h7-8H,5-6H2,1-4H3,(H,14,19). The Morgan fingerprint density at radius 3 is 2.68 bits per heavy atom. The van der Waals surface area contributed by atoms with Crippen molar-refractivity contribution < 1.29 is 4.79 Å². The molecule has 0 radical (unpaired) electrons. The van der Waals surface area contributed by atoms with Crippen LogP contribution in [0.3, 0.4) is 0 Å². The maximum Gasteiger partial charge on any atom is 0.255 e. The molecule has 1 N–H and O–H groups in total. The van der Waals surface area contributed by atoms with Crippen molar-refractivity contribution in [1.29, 1.82) is 0 Å². The second-order valence-electron chi connectivity index (χ2n) is 4.56. The molecule has 2 aromatic rings. The molecule has 0 saturated heterocycles. The van der Waals surface area contributed by atoms with Crippen molar-refractivity contribution in [2.45, 2.75) is 33.9 Å². The monoisotopic (exact) mass is 261 g/mol. The second kappa shape index (κ2) is 5.26. The van der Waals surface area contributed by atoms with E-state index in [4.69, 9.17) is 0 Å². The van der Waals surface area contributed by atoms with Crippen molar-refractivity contribution >= 4 is 5.91 Å². The minimum Gasteiger partial charge on any atom is -0.348 e. The highest BCUT2D eigenvalue weighted by Gasteiger charge is 2.13. The van der Waals surface area contributed by atoms with Gasteiger partial charge in [0.1, 0.15) is 0 Å². The third-order valence-corrected chi connectivity index (χ3v) is 3.20. The van der Waals surface area contributed by atoms with Gasteiger partial charge >= 0.3 is 0 Å². The molecule has 6 nitrogen and oxygen atoms in total. The zero-order valence-electron chi connectivity index (χ0n) is 11.8. The van der Waals surface area contributed by atoms with Crippen LogP contribution in [0.15, 0.2) is 12.4 Å². The minimum atomic E-state index is -0.103. The molecule has 0 aromatic carbocycles. The molecular weight excluding hydrogens is 242 g/mol. The molecular formula is C13H19N5O. The van der Waals surface area contributed by atoms with E-state index in [0.717, 1.165) is 23.5 Å². The fourth-order valence-corrected chi connectivity index (χ4v) is 2.07. The normalized spacial score (nSPS) is 10.7. The number of amides is 1. The number of nitrogens with one attached hydrogen (secondary N) is 1. The number of hydrogen-bond donors (Lipinski definition) is 1. The summed E-state index contributed by atoms with van der Waals surface area (Å²) in [6.07, 6.45) is 3.53. The van der Waals surface area contributed by atoms with Crippen LogP contribution in [0.1, 0.15) is 34.2 Å². The van der Waals surface area contributed by atoms with Gasteiger partial charge in [0.2, 0.25) is 0 Å². The van der Waals surface area contributed by atoms with Gasteiger partial charge in [0.05, 0.1) is 17.5 Å². The Balaban J connectivity index is 2.04. The minimum absolute atomic E-state index is 0.103. The van der Waals surface area contributed by atoms with E-state index in [1.54, 1.807) is 24.1 Å². The summed E-state index contributed by atoms with van der Waals surface area (Å²) < 4.78 is 3.56. The molecule has 0 atom stereocenters. The summed E-state index contributed by atoms with van der Waals surface area (Å²) in [5.41, 5.74) is 3.48. The summed E-state index contributed by atoms with van der Waals surface area (Å²) in [7, 11) is 1.80. The zero-order valence-corrected chi connectivity index (χ0v) is 11.8. The van der Waals surface area contributed by atoms with Crippen molar-refractivity contribution in [2.75, 3.05) is 0 Å². The number of aryl methyl sites for hydroxylation is 3. The lowest BCUT2D eigenvalue weighted by atomic mass is 10.2. The van der Waals surface area contributed by atoms with Crippen molar-refractivity contribution in [3.63, 3.8) is 0 Å². The number of aromatic nitrogens is 4. The maximum atomic E-state index is 12.0. The second-order valence-corrected chi connectivity index (χ2v) is 4.56. The van der Waals surface area contributed by atoms with Gasteiger partial charge in [0.15, 0.2) is 0 Å². The summed E-state index contributed by atoms with van der Waals surface area (Å²) in [4.78, 5) is 12.0. The summed E-state index contributed by atoms with van der Waals surface area (Å²) in [5, 5.41) is 11.3. The SMILES string of the molecule is CCn1ncc(CNC(=O)c2cn(C)nc2C)c1C. The topological polar surface area (TPSA) is 64.7 Å². The number of nitrogens with zero attached hydrogens (tertiary/aromatic N) is 4. The Bertz CT molecular complexity index is 596. The predicted molar refractivity (Wildman–Crippen MR) is 71.8 cm³/mol. The largest absolute Gasteiger partial charge is 0.348 e. The van der Waals surface area contributed by atoms with Gasteiger partial charge in [-0.15, -0.1) is 0 Å². The number of carbonyl (C=O) groups is 1. The van der Waals surface area contributed by atoms with E-state index in [0.29, 0.717) is 12.1 Å². The Kier molecular flexibility index (Phi) is 3.69. The molecule has 102 valence electrons. The van der Waals surface area contributed by atoms with Gasteiger partial charge in [-0.2, -0.15) is 10.2 Å². The molecule has 2 rings (SSSR count). The van der Waals surface area contributed by atoms with Crippen LogP contribution in [0, 0.1) is 13.8 Å². The van der Waals surface area contributed by atoms with E-state index in [1.807, 2.05) is 25.5 Å². The Labute approximate surface area is 112 Å². The van der Waals surface area contributed by atoms with Crippen LogP contribution < -0.4 is 5.32 Å². The molecule has 0 saturated carbocycles. The third-order valence-electron chi connectivity index (χ3n) is 3.20. The highest BCUT2D eigenvalue weighted by molar-refractivity contribution is 5.94. The average Bonchev–Trinajstić information content (AvgIpc) is 2.89. The lowest BCUT2D eigenvalue weighted by Gasteiger charge is -2.04. The van der Waals surface area contributed by atoms with Crippen LogP contribution in [0.4, 0.5) is 0 Å². The smallest absolute Gasteiger partial charge is 0.255 e. The first-order chi connectivity index (χ1) is 9.02. The molecule has 0 aliphatic carbocycles. The number of carbonyl (C=O) groups excluding carboxylic acids is 1. The van der Waals surface area contributed by atoms with Gasteiger partial charge in [0, 0.05) is 37.6 Å². The molecule has 0 fully saturated rings. The summed E-state index contributed by atoms with van der Waals surface area (Å²) in [6, 6.07) is 0. The molecule has 0 unspecified atom stereocenters. The van der Waals surface area contributed by atoms with Crippen molar-refractivity contribution in [2.24, 2.45) is 7.05 Å². The molecule has 0 spiro atoms. The van der Waals surface area contributed by atoms with Gasteiger partial charge in [0.25, 0.3) is 5.91 Å². The Hall–Kier alpha value is -2.11. The van der Waals surface area contributed by atoms with Crippen LogP contribution in [0.2, 0.25) is 0 Å². The fraction of sp³-hybridized carbons (Fsp3) is 0.462. The molecule has 6 heteroatoms. The van der Waals surface area contributed by atoms with E-state index >= 15 is 0 Å². The lowest BCUT2D eigenvalue weighted by Crippen LogP contribution is -2.23. The van der Waals surface area contributed by atoms with Crippen LogP contribution in [0.25, 0.3) is 0 Å². The average molecular weight is 261 g/mol. The number of hydrogen-bond acceptors (Lipinski definition) is 3. The van der Waals surface area contributed by atoms with Crippen LogP contribution in [0.5, 0.6) is 0 Å². The van der Waals surface area contributed by atoms with Crippen LogP contribution >= 0.6 is 0 Å². The molecule has 2 heterocycles. The predicted octanol–water partition coefficient (Wildman–Crippen LogP) is 1.18. The van der Waals surface area contributed by atoms with Crippen molar-refractivity contribution in [3.05, 3.63) is 34.9 Å².